The first-order valence-electron chi connectivity index (χ1n) is 7.50. The van der Waals surface area contributed by atoms with Gasteiger partial charge in [-0.25, -0.2) is 0 Å². The molecule has 4 heteroatoms. The first-order chi connectivity index (χ1) is 8.79. The fourth-order valence-corrected chi connectivity index (χ4v) is 3.70. The largest absolute Gasteiger partial charge is 0.303 e. The van der Waals surface area contributed by atoms with Crippen molar-refractivity contribution in [3.05, 3.63) is 0 Å². The molecule has 2 rings (SSSR count). The molecule has 2 aliphatic rings. The first-order valence-corrected chi connectivity index (χ1v) is 8.62. The van der Waals surface area contributed by atoms with E-state index in [1.165, 1.54) is 71.5 Å². The van der Waals surface area contributed by atoms with Crippen molar-refractivity contribution < 1.29 is 0 Å². The summed E-state index contributed by atoms with van der Waals surface area (Å²) in [5.74, 6) is 0. The Kier molecular flexibility index (Phi) is 6.42. The van der Waals surface area contributed by atoms with Crippen molar-refractivity contribution in [1.29, 1.82) is 0 Å². The smallest absolute Gasteiger partial charge is 0.0159 e. The topological polar surface area (TPSA) is 9.72 Å². The van der Waals surface area contributed by atoms with Crippen LogP contribution in [0.1, 0.15) is 25.7 Å². The number of piperidine rings is 1. The molecule has 0 aromatic carbocycles. The second kappa shape index (κ2) is 7.83. The number of hydrogen-bond donors (Lipinski definition) is 0. The number of piperazine rings is 1. The SMILES string of the molecule is CN1CCCCC1CCN1CCN(CCBr)CC1. The highest BCUT2D eigenvalue weighted by atomic mass is 79.9. The van der Waals surface area contributed by atoms with Crippen molar-refractivity contribution in [1.82, 2.24) is 14.7 Å². The van der Waals surface area contributed by atoms with Gasteiger partial charge in [0.25, 0.3) is 0 Å². The maximum absolute atomic E-state index is 3.53. The lowest BCUT2D eigenvalue weighted by molar-refractivity contribution is 0.113. The molecule has 106 valence electrons. The number of rotatable bonds is 5. The second-order valence-corrected chi connectivity index (χ2v) is 6.58. The van der Waals surface area contributed by atoms with Crippen LogP contribution in [0.5, 0.6) is 0 Å². The number of nitrogens with zero attached hydrogens (tertiary/aromatic N) is 3. The highest BCUT2D eigenvalue weighted by Crippen LogP contribution is 2.18. The third kappa shape index (κ3) is 4.48. The maximum Gasteiger partial charge on any atom is 0.0159 e. The lowest BCUT2D eigenvalue weighted by Gasteiger charge is -2.37. The molecule has 3 nitrogen and oxygen atoms in total. The molecule has 2 saturated heterocycles. The van der Waals surface area contributed by atoms with Crippen molar-refractivity contribution in [2.24, 2.45) is 0 Å². The van der Waals surface area contributed by atoms with E-state index in [1.54, 1.807) is 0 Å². The molecule has 2 aliphatic heterocycles. The van der Waals surface area contributed by atoms with E-state index < -0.39 is 0 Å². The van der Waals surface area contributed by atoms with Gasteiger partial charge in [-0.1, -0.05) is 22.4 Å². The summed E-state index contributed by atoms with van der Waals surface area (Å²) in [5.41, 5.74) is 0. The molecule has 0 aromatic heterocycles. The summed E-state index contributed by atoms with van der Waals surface area (Å²) in [7, 11) is 2.30. The zero-order valence-corrected chi connectivity index (χ0v) is 13.4. The van der Waals surface area contributed by atoms with Gasteiger partial charge in [0.2, 0.25) is 0 Å². The summed E-state index contributed by atoms with van der Waals surface area (Å²) in [6, 6.07) is 0.847. The number of alkyl halides is 1. The number of halogens is 1. The zero-order chi connectivity index (χ0) is 12.8. The van der Waals surface area contributed by atoms with E-state index in [2.05, 4.69) is 37.7 Å². The van der Waals surface area contributed by atoms with Crippen LogP contribution in [-0.2, 0) is 0 Å². The van der Waals surface area contributed by atoms with Gasteiger partial charge >= 0.3 is 0 Å². The van der Waals surface area contributed by atoms with Crippen LogP contribution in [0.4, 0.5) is 0 Å². The predicted molar refractivity (Wildman–Crippen MR) is 81.6 cm³/mol. The van der Waals surface area contributed by atoms with E-state index in [4.69, 9.17) is 0 Å². The second-order valence-electron chi connectivity index (χ2n) is 5.79. The molecule has 0 aromatic rings. The Morgan fingerprint density at radius 2 is 1.61 bits per heavy atom. The lowest BCUT2D eigenvalue weighted by Crippen LogP contribution is -2.48. The Labute approximate surface area is 121 Å². The standard InChI is InChI=1S/C14H28BrN3/c1-16-7-3-2-4-14(16)5-8-17-10-12-18(9-6-15)13-11-17/h14H,2-13H2,1H3. The van der Waals surface area contributed by atoms with Crippen LogP contribution in [0.25, 0.3) is 0 Å². The molecule has 1 unspecified atom stereocenters. The highest BCUT2D eigenvalue weighted by Gasteiger charge is 2.21. The van der Waals surface area contributed by atoms with Crippen molar-refractivity contribution in [3.8, 4) is 0 Å². The van der Waals surface area contributed by atoms with Crippen molar-refractivity contribution in [3.63, 3.8) is 0 Å². The van der Waals surface area contributed by atoms with Gasteiger partial charge in [-0.05, 0) is 39.4 Å². The fraction of sp³-hybridized carbons (Fsp3) is 1.00. The van der Waals surface area contributed by atoms with E-state index in [1.807, 2.05) is 0 Å². The Balaban J connectivity index is 1.62. The molecule has 2 fully saturated rings. The van der Waals surface area contributed by atoms with Gasteiger partial charge in [0.05, 0.1) is 0 Å². The normalized spacial score (nSPS) is 28.7. The number of hydrogen-bond acceptors (Lipinski definition) is 3. The van der Waals surface area contributed by atoms with Crippen LogP contribution in [0.2, 0.25) is 0 Å². The van der Waals surface area contributed by atoms with E-state index in [0.717, 1.165) is 11.4 Å². The molecular weight excluding hydrogens is 290 g/mol. The van der Waals surface area contributed by atoms with E-state index in [0.29, 0.717) is 0 Å². The van der Waals surface area contributed by atoms with Crippen LogP contribution in [0.3, 0.4) is 0 Å². The molecule has 0 aliphatic carbocycles. The summed E-state index contributed by atoms with van der Waals surface area (Å²) >= 11 is 3.53. The highest BCUT2D eigenvalue weighted by molar-refractivity contribution is 9.09. The van der Waals surface area contributed by atoms with Gasteiger partial charge in [0.1, 0.15) is 0 Å². The van der Waals surface area contributed by atoms with Crippen LogP contribution < -0.4 is 0 Å². The summed E-state index contributed by atoms with van der Waals surface area (Å²) < 4.78 is 0. The Morgan fingerprint density at radius 1 is 0.944 bits per heavy atom. The maximum atomic E-state index is 3.53. The monoisotopic (exact) mass is 317 g/mol. The minimum Gasteiger partial charge on any atom is -0.303 e. The molecule has 2 heterocycles. The van der Waals surface area contributed by atoms with Gasteiger partial charge in [-0.15, -0.1) is 0 Å². The lowest BCUT2D eigenvalue weighted by atomic mass is 10.00. The van der Waals surface area contributed by atoms with Crippen molar-refractivity contribution >= 4 is 15.9 Å². The fourth-order valence-electron chi connectivity index (χ4n) is 3.20. The van der Waals surface area contributed by atoms with E-state index >= 15 is 0 Å². The first kappa shape index (κ1) is 14.8. The molecule has 0 bridgehead atoms. The average molecular weight is 318 g/mol. The van der Waals surface area contributed by atoms with Gasteiger partial charge in [-0.2, -0.15) is 0 Å². The van der Waals surface area contributed by atoms with Gasteiger partial charge < -0.3 is 9.80 Å². The molecule has 18 heavy (non-hydrogen) atoms. The summed E-state index contributed by atoms with van der Waals surface area (Å²) in [5, 5.41) is 1.11. The molecule has 0 N–H and O–H groups in total. The van der Waals surface area contributed by atoms with Gasteiger partial charge in [0, 0.05) is 44.1 Å². The Bertz CT molecular complexity index is 229. The molecular formula is C14H28BrN3. The predicted octanol–water partition coefficient (Wildman–Crippen LogP) is 1.87. The molecule has 0 saturated carbocycles. The minimum atomic E-state index is 0.847. The molecule has 0 amide bonds. The zero-order valence-electron chi connectivity index (χ0n) is 11.8. The van der Waals surface area contributed by atoms with E-state index in [-0.39, 0.29) is 0 Å². The summed E-state index contributed by atoms with van der Waals surface area (Å²) in [6.07, 6.45) is 5.63. The van der Waals surface area contributed by atoms with Gasteiger partial charge in [0.15, 0.2) is 0 Å². The van der Waals surface area contributed by atoms with Crippen LogP contribution in [0, 0.1) is 0 Å². The van der Waals surface area contributed by atoms with E-state index in [9.17, 15) is 0 Å². The van der Waals surface area contributed by atoms with Crippen molar-refractivity contribution in [2.45, 2.75) is 31.7 Å². The Hall–Kier alpha value is 0.360. The average Bonchev–Trinajstić information content (AvgIpc) is 2.40. The van der Waals surface area contributed by atoms with Crippen LogP contribution in [-0.4, -0.2) is 78.9 Å². The summed E-state index contributed by atoms with van der Waals surface area (Å²) in [6.45, 7) is 8.87. The molecule has 0 spiro atoms. The molecule has 1 atom stereocenters. The quantitative estimate of drug-likeness (QED) is 0.717. The minimum absolute atomic E-state index is 0.847. The van der Waals surface area contributed by atoms with Crippen LogP contribution >= 0.6 is 15.9 Å². The summed E-state index contributed by atoms with van der Waals surface area (Å²) in [4.78, 5) is 7.80. The Morgan fingerprint density at radius 3 is 2.22 bits per heavy atom. The van der Waals surface area contributed by atoms with Gasteiger partial charge in [-0.3, -0.25) is 4.90 Å². The molecule has 0 radical (unpaired) electrons. The number of likely N-dealkylation sites (tertiary alicyclic amines) is 1. The third-order valence-corrected chi connectivity index (χ3v) is 4.92. The third-order valence-electron chi connectivity index (χ3n) is 4.57. The van der Waals surface area contributed by atoms with Crippen molar-refractivity contribution in [2.75, 3.05) is 58.2 Å². The van der Waals surface area contributed by atoms with Crippen LogP contribution in [0.15, 0.2) is 0 Å².